The number of aromatic nitrogens is 2. The summed E-state index contributed by atoms with van der Waals surface area (Å²) in [6.07, 6.45) is 8.38. The maximum atomic E-state index is 11.0. The Morgan fingerprint density at radius 2 is 2.00 bits per heavy atom. The van der Waals surface area contributed by atoms with E-state index in [2.05, 4.69) is 9.88 Å². The second-order valence-electron chi connectivity index (χ2n) is 7.48. The van der Waals surface area contributed by atoms with E-state index in [1.54, 1.807) is 0 Å². The lowest BCUT2D eigenvalue weighted by atomic mass is 10.1. The summed E-state index contributed by atoms with van der Waals surface area (Å²) >= 11 is 0. The molecular formula is C19H34N4O6. The summed E-state index contributed by atoms with van der Waals surface area (Å²) in [5.41, 5.74) is 0. The Balaban J connectivity index is 1.72. The molecule has 10 nitrogen and oxygen atoms in total. The lowest BCUT2D eigenvalue weighted by Crippen LogP contribution is -2.37. The quantitative estimate of drug-likeness (QED) is 0.208. The molecule has 0 spiro atoms. The van der Waals surface area contributed by atoms with Crippen molar-refractivity contribution in [2.24, 2.45) is 5.92 Å². The Labute approximate surface area is 171 Å². The maximum absolute atomic E-state index is 11.0. The summed E-state index contributed by atoms with van der Waals surface area (Å²) < 4.78 is 12.1. The van der Waals surface area contributed by atoms with Crippen LogP contribution in [0.4, 0.5) is 5.95 Å². The van der Waals surface area contributed by atoms with E-state index in [-0.39, 0.29) is 19.1 Å². The zero-order valence-electron chi connectivity index (χ0n) is 17.0. The fraction of sp³-hybridized carbons (Fsp3) is 0.842. The predicted octanol–water partition coefficient (Wildman–Crippen LogP) is 1.06. The molecule has 1 fully saturated rings. The number of ether oxygens (including phenoxy) is 2. The number of aliphatic hydroxyl groups is 2. The number of aliphatic hydroxyl groups excluding tert-OH is 2. The van der Waals surface area contributed by atoms with Gasteiger partial charge in [-0.15, -0.1) is 0 Å². The van der Waals surface area contributed by atoms with Crippen LogP contribution >= 0.6 is 0 Å². The standard InChI is InChI=1S/C19H34N4O6/c24-10-12-29-14-13-28-11-9-21(7-2-1-3-17-4-5-17)15-18(25)16-22-8-6-20-19(22)23(26)27/h6,8,17-18,24-25H,1-5,7,9-16H2. The largest absolute Gasteiger partial charge is 0.434 e. The van der Waals surface area contributed by atoms with Crippen LogP contribution in [0.3, 0.4) is 0 Å². The number of hydrogen-bond donors (Lipinski definition) is 2. The van der Waals surface area contributed by atoms with E-state index < -0.39 is 11.0 Å². The molecule has 10 heteroatoms. The van der Waals surface area contributed by atoms with Gasteiger partial charge in [0.05, 0.1) is 45.7 Å². The van der Waals surface area contributed by atoms with Crippen molar-refractivity contribution < 1.29 is 24.6 Å². The van der Waals surface area contributed by atoms with Crippen molar-refractivity contribution >= 4 is 5.95 Å². The van der Waals surface area contributed by atoms with Crippen molar-refractivity contribution in [1.82, 2.24) is 14.5 Å². The Morgan fingerprint density at radius 3 is 2.69 bits per heavy atom. The molecule has 1 saturated carbocycles. The molecule has 166 valence electrons. The second kappa shape index (κ2) is 13.6. The van der Waals surface area contributed by atoms with Gasteiger partial charge in [0.1, 0.15) is 12.4 Å². The van der Waals surface area contributed by atoms with Gasteiger partial charge in [-0.25, -0.2) is 4.57 Å². The fourth-order valence-corrected chi connectivity index (χ4v) is 3.25. The molecule has 0 saturated heterocycles. The van der Waals surface area contributed by atoms with Crippen molar-refractivity contribution in [3.8, 4) is 0 Å². The summed E-state index contributed by atoms with van der Waals surface area (Å²) in [5.74, 6) is 0.657. The molecule has 1 unspecified atom stereocenters. The SMILES string of the molecule is O=[N+]([O-])c1nccn1CC(O)CN(CCCCC1CC1)CCOCCOCCO. The van der Waals surface area contributed by atoms with E-state index in [9.17, 15) is 15.2 Å². The number of unbranched alkanes of at least 4 members (excludes halogenated alkanes) is 1. The monoisotopic (exact) mass is 414 g/mol. The molecule has 29 heavy (non-hydrogen) atoms. The van der Waals surface area contributed by atoms with Gasteiger partial charge >= 0.3 is 5.95 Å². The van der Waals surface area contributed by atoms with Gasteiger partial charge < -0.3 is 29.8 Å². The summed E-state index contributed by atoms with van der Waals surface area (Å²) in [6.45, 7) is 3.81. The van der Waals surface area contributed by atoms with Gasteiger partial charge in [-0.3, -0.25) is 4.90 Å². The van der Waals surface area contributed by atoms with Crippen molar-refractivity contribution in [3.63, 3.8) is 0 Å². The van der Waals surface area contributed by atoms with Gasteiger partial charge in [0.25, 0.3) is 0 Å². The van der Waals surface area contributed by atoms with Gasteiger partial charge in [-0.1, -0.05) is 30.7 Å². The molecule has 0 aliphatic heterocycles. The van der Waals surface area contributed by atoms with Crippen LogP contribution in [0, 0.1) is 16.0 Å². The van der Waals surface area contributed by atoms with E-state index >= 15 is 0 Å². The molecule has 1 heterocycles. The molecule has 1 aliphatic rings. The molecule has 0 aromatic carbocycles. The van der Waals surface area contributed by atoms with Gasteiger partial charge in [0, 0.05) is 13.1 Å². The first-order valence-corrected chi connectivity index (χ1v) is 10.4. The minimum Gasteiger partial charge on any atom is -0.394 e. The molecule has 0 amide bonds. The van der Waals surface area contributed by atoms with E-state index in [0.29, 0.717) is 39.5 Å². The minimum absolute atomic E-state index is 0.00159. The summed E-state index contributed by atoms with van der Waals surface area (Å²) in [4.78, 5) is 16.3. The minimum atomic E-state index is -0.737. The average molecular weight is 415 g/mol. The third kappa shape index (κ3) is 10.1. The third-order valence-corrected chi connectivity index (χ3v) is 4.93. The van der Waals surface area contributed by atoms with Crippen LogP contribution < -0.4 is 0 Å². The van der Waals surface area contributed by atoms with Gasteiger partial charge in [-0.05, 0) is 23.8 Å². The lowest BCUT2D eigenvalue weighted by molar-refractivity contribution is -0.397. The number of imidazole rings is 1. The van der Waals surface area contributed by atoms with E-state index in [0.717, 1.165) is 18.9 Å². The van der Waals surface area contributed by atoms with Gasteiger partial charge in [-0.2, -0.15) is 0 Å². The molecule has 2 N–H and O–H groups in total. The Hall–Kier alpha value is -1.59. The molecular weight excluding hydrogens is 380 g/mol. The summed E-state index contributed by atoms with van der Waals surface area (Å²) in [7, 11) is 0. The highest BCUT2D eigenvalue weighted by Gasteiger charge is 2.21. The van der Waals surface area contributed by atoms with Crippen LogP contribution in [0.25, 0.3) is 0 Å². The zero-order chi connectivity index (χ0) is 20.9. The first-order valence-electron chi connectivity index (χ1n) is 10.4. The first-order chi connectivity index (χ1) is 14.1. The smallest absolute Gasteiger partial charge is 0.394 e. The molecule has 1 atom stereocenters. The topological polar surface area (TPSA) is 123 Å². The average Bonchev–Trinajstić information content (AvgIpc) is 3.40. The molecule has 0 radical (unpaired) electrons. The van der Waals surface area contributed by atoms with E-state index in [1.165, 1.54) is 42.6 Å². The normalized spacial score (nSPS) is 15.1. The van der Waals surface area contributed by atoms with Crippen LogP contribution in [0.15, 0.2) is 12.4 Å². The number of nitro groups is 1. The Morgan fingerprint density at radius 1 is 1.24 bits per heavy atom. The van der Waals surface area contributed by atoms with Gasteiger partial charge in [0.15, 0.2) is 0 Å². The van der Waals surface area contributed by atoms with Crippen molar-refractivity contribution in [1.29, 1.82) is 0 Å². The first kappa shape index (κ1) is 23.7. The zero-order valence-corrected chi connectivity index (χ0v) is 17.0. The maximum Gasteiger partial charge on any atom is 0.434 e. The molecule has 1 aromatic rings. The predicted molar refractivity (Wildman–Crippen MR) is 107 cm³/mol. The van der Waals surface area contributed by atoms with Gasteiger partial charge in [0.2, 0.25) is 0 Å². The van der Waals surface area contributed by atoms with E-state index in [4.69, 9.17) is 14.6 Å². The third-order valence-electron chi connectivity index (χ3n) is 4.93. The lowest BCUT2D eigenvalue weighted by Gasteiger charge is -2.24. The highest BCUT2D eigenvalue weighted by Crippen LogP contribution is 2.33. The van der Waals surface area contributed by atoms with Crippen LogP contribution in [-0.4, -0.2) is 88.4 Å². The summed E-state index contributed by atoms with van der Waals surface area (Å²) in [5, 5.41) is 30.1. The van der Waals surface area contributed by atoms with Crippen molar-refractivity contribution in [2.45, 2.75) is 44.8 Å². The molecule has 1 aromatic heterocycles. The second-order valence-corrected chi connectivity index (χ2v) is 7.48. The van der Waals surface area contributed by atoms with Crippen LogP contribution in [-0.2, 0) is 16.0 Å². The highest BCUT2D eigenvalue weighted by molar-refractivity contribution is 5.06. The van der Waals surface area contributed by atoms with Crippen molar-refractivity contribution in [2.75, 3.05) is 52.7 Å². The van der Waals surface area contributed by atoms with Crippen LogP contribution in [0.1, 0.15) is 32.1 Å². The molecule has 0 bridgehead atoms. The Bertz CT molecular complexity index is 581. The molecule has 2 rings (SSSR count). The number of nitrogens with zero attached hydrogens (tertiary/aromatic N) is 4. The Kier molecular flexibility index (Phi) is 11.1. The number of hydrogen-bond acceptors (Lipinski definition) is 8. The fourth-order valence-electron chi connectivity index (χ4n) is 3.25. The summed E-state index contributed by atoms with van der Waals surface area (Å²) in [6, 6.07) is 0. The van der Waals surface area contributed by atoms with E-state index in [1.807, 2.05) is 0 Å². The van der Waals surface area contributed by atoms with Crippen LogP contribution in [0.5, 0.6) is 0 Å². The molecule has 1 aliphatic carbocycles. The number of rotatable bonds is 18. The van der Waals surface area contributed by atoms with Crippen molar-refractivity contribution in [3.05, 3.63) is 22.5 Å². The highest BCUT2D eigenvalue weighted by atomic mass is 16.6. The van der Waals surface area contributed by atoms with Crippen LogP contribution in [0.2, 0.25) is 0 Å².